The lowest BCUT2D eigenvalue weighted by Gasteiger charge is -2.21. The Bertz CT molecular complexity index is 840. The Hall–Kier alpha value is -0.880. The summed E-state index contributed by atoms with van der Waals surface area (Å²) in [5, 5.41) is 5.40. The molecule has 0 N–H and O–H groups in total. The maximum atomic E-state index is 12.4. The molecule has 0 saturated heterocycles. The molecule has 8 heteroatoms. The SMILES string of the molecule is CCCc1cc(Cl)c(OCCSc2cnn(C(C)(C)C)c(=O)c2Cl)c(Cl)c1. The number of hydrogen-bond donors (Lipinski definition) is 0. The molecule has 0 aliphatic carbocycles. The number of halogens is 3. The highest BCUT2D eigenvalue weighted by atomic mass is 35.5. The first kappa shape index (κ1) is 22.4. The number of nitrogens with zero attached hydrogens (tertiary/aromatic N) is 2. The Balaban J connectivity index is 2.00. The molecular formula is C19H23Cl3N2O2S. The van der Waals surface area contributed by atoms with Crippen molar-refractivity contribution in [3.05, 3.63) is 49.3 Å². The van der Waals surface area contributed by atoms with Gasteiger partial charge in [-0.3, -0.25) is 4.79 Å². The molecule has 0 bridgehead atoms. The molecule has 1 aromatic heterocycles. The van der Waals surface area contributed by atoms with E-state index in [9.17, 15) is 4.79 Å². The van der Waals surface area contributed by atoms with Crippen LogP contribution in [0, 0.1) is 0 Å². The number of aryl methyl sites for hydroxylation is 1. The van der Waals surface area contributed by atoms with Crippen LogP contribution in [0.15, 0.2) is 28.0 Å². The zero-order valence-corrected chi connectivity index (χ0v) is 18.9. The molecule has 0 unspecified atom stereocenters. The number of hydrogen-bond acceptors (Lipinski definition) is 4. The predicted octanol–water partition coefficient (Wildman–Crippen LogP) is 6.08. The maximum Gasteiger partial charge on any atom is 0.287 e. The molecule has 27 heavy (non-hydrogen) atoms. The van der Waals surface area contributed by atoms with Crippen molar-refractivity contribution in [2.75, 3.05) is 12.4 Å². The average Bonchev–Trinajstić information content (AvgIpc) is 2.56. The Kier molecular flexibility index (Phi) is 7.93. The molecule has 2 aromatic rings. The van der Waals surface area contributed by atoms with Gasteiger partial charge in [-0.05, 0) is 44.9 Å². The van der Waals surface area contributed by atoms with Crippen LogP contribution in [0.3, 0.4) is 0 Å². The van der Waals surface area contributed by atoms with Crippen molar-refractivity contribution in [2.24, 2.45) is 0 Å². The number of aromatic nitrogens is 2. The molecule has 0 aliphatic rings. The third-order valence-electron chi connectivity index (χ3n) is 3.71. The van der Waals surface area contributed by atoms with E-state index in [0.29, 0.717) is 33.0 Å². The lowest BCUT2D eigenvalue weighted by atomic mass is 10.1. The van der Waals surface area contributed by atoms with Crippen LogP contribution >= 0.6 is 46.6 Å². The topological polar surface area (TPSA) is 44.1 Å². The van der Waals surface area contributed by atoms with Gasteiger partial charge in [0, 0.05) is 5.75 Å². The summed E-state index contributed by atoms with van der Waals surface area (Å²) >= 11 is 20.2. The highest BCUT2D eigenvalue weighted by Crippen LogP contribution is 2.35. The lowest BCUT2D eigenvalue weighted by molar-refractivity contribution is 0.336. The van der Waals surface area contributed by atoms with Crippen molar-refractivity contribution in [2.45, 2.75) is 51.0 Å². The molecule has 4 nitrogen and oxygen atoms in total. The number of thioether (sulfide) groups is 1. The molecule has 0 radical (unpaired) electrons. The third kappa shape index (κ3) is 5.80. The zero-order valence-electron chi connectivity index (χ0n) is 15.8. The Morgan fingerprint density at radius 2 is 1.81 bits per heavy atom. The number of rotatable bonds is 7. The van der Waals surface area contributed by atoms with E-state index < -0.39 is 5.54 Å². The van der Waals surface area contributed by atoms with Crippen LogP contribution in [-0.2, 0) is 12.0 Å². The summed E-state index contributed by atoms with van der Waals surface area (Å²) in [5.41, 5.74) is 0.365. The van der Waals surface area contributed by atoms with Gasteiger partial charge < -0.3 is 4.74 Å². The largest absolute Gasteiger partial charge is 0.490 e. The van der Waals surface area contributed by atoms with Gasteiger partial charge in [-0.1, -0.05) is 48.1 Å². The van der Waals surface area contributed by atoms with Gasteiger partial charge in [-0.25, -0.2) is 4.68 Å². The minimum Gasteiger partial charge on any atom is -0.490 e. The van der Waals surface area contributed by atoms with Crippen molar-refractivity contribution in [1.29, 1.82) is 0 Å². The summed E-state index contributed by atoms with van der Waals surface area (Å²) in [5.74, 6) is 1.05. The van der Waals surface area contributed by atoms with E-state index >= 15 is 0 Å². The van der Waals surface area contributed by atoms with Gasteiger partial charge in [0.2, 0.25) is 0 Å². The second-order valence-electron chi connectivity index (χ2n) is 7.05. The molecular weight excluding hydrogens is 427 g/mol. The van der Waals surface area contributed by atoms with Crippen molar-refractivity contribution in [1.82, 2.24) is 9.78 Å². The maximum absolute atomic E-state index is 12.4. The van der Waals surface area contributed by atoms with E-state index in [2.05, 4.69) is 12.0 Å². The smallest absolute Gasteiger partial charge is 0.287 e. The molecule has 148 valence electrons. The Morgan fingerprint density at radius 1 is 1.19 bits per heavy atom. The quantitative estimate of drug-likeness (QED) is 0.379. The minimum absolute atomic E-state index is 0.171. The van der Waals surface area contributed by atoms with Crippen LogP contribution in [0.1, 0.15) is 39.7 Å². The van der Waals surface area contributed by atoms with Gasteiger partial charge in [0.25, 0.3) is 5.56 Å². The fourth-order valence-electron chi connectivity index (χ4n) is 2.47. The first-order chi connectivity index (χ1) is 12.6. The minimum atomic E-state index is -0.426. The first-order valence-corrected chi connectivity index (χ1v) is 10.8. The van der Waals surface area contributed by atoms with Crippen molar-refractivity contribution < 1.29 is 4.74 Å². The van der Waals surface area contributed by atoms with Crippen molar-refractivity contribution in [3.63, 3.8) is 0 Å². The molecule has 0 atom stereocenters. The van der Waals surface area contributed by atoms with E-state index in [1.807, 2.05) is 32.9 Å². The lowest BCUT2D eigenvalue weighted by Crippen LogP contribution is -2.36. The predicted molar refractivity (Wildman–Crippen MR) is 115 cm³/mol. The van der Waals surface area contributed by atoms with Gasteiger partial charge in [-0.15, -0.1) is 11.8 Å². The number of benzene rings is 1. The molecule has 1 aromatic carbocycles. The van der Waals surface area contributed by atoms with Gasteiger partial charge in [0.05, 0.1) is 33.3 Å². The Morgan fingerprint density at radius 3 is 2.37 bits per heavy atom. The molecule has 0 aliphatic heterocycles. The van der Waals surface area contributed by atoms with E-state index in [0.717, 1.165) is 18.4 Å². The summed E-state index contributed by atoms with van der Waals surface area (Å²) in [6.07, 6.45) is 3.55. The molecule has 0 amide bonds. The molecule has 2 rings (SSSR count). The summed E-state index contributed by atoms with van der Waals surface area (Å²) < 4.78 is 7.12. The fourth-order valence-corrected chi connectivity index (χ4v) is 4.13. The van der Waals surface area contributed by atoms with Crippen LogP contribution in [0.25, 0.3) is 0 Å². The Labute approximate surface area is 179 Å². The van der Waals surface area contributed by atoms with E-state index in [-0.39, 0.29) is 10.6 Å². The second-order valence-corrected chi connectivity index (χ2v) is 9.38. The van der Waals surface area contributed by atoms with Crippen molar-refractivity contribution in [3.8, 4) is 5.75 Å². The van der Waals surface area contributed by atoms with Crippen LogP contribution in [0.4, 0.5) is 0 Å². The van der Waals surface area contributed by atoms with E-state index in [1.54, 1.807) is 6.20 Å². The molecule has 0 fully saturated rings. The van der Waals surface area contributed by atoms with Gasteiger partial charge >= 0.3 is 0 Å². The summed E-state index contributed by atoms with van der Waals surface area (Å²) in [6, 6.07) is 3.76. The normalized spacial score (nSPS) is 11.7. The molecule has 0 spiro atoms. The van der Waals surface area contributed by atoms with Crippen LogP contribution in [0.2, 0.25) is 15.1 Å². The second kappa shape index (κ2) is 9.55. The van der Waals surface area contributed by atoms with E-state index in [1.165, 1.54) is 16.4 Å². The summed E-state index contributed by atoms with van der Waals surface area (Å²) in [4.78, 5) is 13.0. The van der Waals surface area contributed by atoms with Gasteiger partial charge in [0.1, 0.15) is 5.02 Å². The van der Waals surface area contributed by atoms with Crippen LogP contribution < -0.4 is 10.3 Å². The van der Waals surface area contributed by atoms with Gasteiger partial charge in [-0.2, -0.15) is 5.10 Å². The molecule has 1 heterocycles. The van der Waals surface area contributed by atoms with Gasteiger partial charge in [0.15, 0.2) is 5.75 Å². The highest BCUT2D eigenvalue weighted by Gasteiger charge is 2.19. The van der Waals surface area contributed by atoms with Crippen molar-refractivity contribution >= 4 is 46.6 Å². The first-order valence-electron chi connectivity index (χ1n) is 8.67. The summed E-state index contributed by atoms with van der Waals surface area (Å²) in [7, 11) is 0. The third-order valence-corrected chi connectivity index (χ3v) is 5.74. The highest BCUT2D eigenvalue weighted by molar-refractivity contribution is 7.99. The fraction of sp³-hybridized carbons (Fsp3) is 0.474. The summed E-state index contributed by atoms with van der Waals surface area (Å²) in [6.45, 7) is 8.17. The van der Waals surface area contributed by atoms with Crippen LogP contribution in [-0.4, -0.2) is 22.1 Å². The standard InChI is InChI=1S/C19H23Cl3N2O2S/c1-5-6-12-9-13(20)17(14(21)10-12)26-7-8-27-15-11-23-24(19(2,3)4)18(25)16(15)22/h9-11H,5-8H2,1-4H3. The molecule has 0 saturated carbocycles. The number of ether oxygens (including phenoxy) is 1. The van der Waals surface area contributed by atoms with E-state index in [4.69, 9.17) is 39.5 Å². The van der Waals surface area contributed by atoms with Crippen LogP contribution in [0.5, 0.6) is 5.75 Å². The zero-order chi connectivity index (χ0) is 20.2. The average molecular weight is 450 g/mol. The monoisotopic (exact) mass is 448 g/mol.